The van der Waals surface area contributed by atoms with Crippen LogP contribution in [0.4, 0.5) is 11.8 Å². The van der Waals surface area contributed by atoms with Gasteiger partial charge in [0.25, 0.3) is 0 Å². The van der Waals surface area contributed by atoms with Crippen LogP contribution in [0.1, 0.15) is 25.7 Å². The number of aromatic nitrogens is 2. The Bertz CT molecular complexity index is 856. The number of fused-ring (bicyclic) bond motifs is 1. The first-order valence-electron chi connectivity index (χ1n) is 9.85. The summed E-state index contributed by atoms with van der Waals surface area (Å²) < 4.78 is 10.7. The van der Waals surface area contributed by atoms with E-state index in [0.29, 0.717) is 61.4 Å². The van der Waals surface area contributed by atoms with E-state index in [9.17, 15) is 4.79 Å². The number of unbranched alkanes of at least 4 members (excludes halogenated alkanes) is 2. The molecule has 0 aliphatic carbocycles. The van der Waals surface area contributed by atoms with Crippen LogP contribution in [0.5, 0.6) is 11.5 Å². The number of anilines is 2. The number of halogens is 1. The number of piperazine rings is 1. The van der Waals surface area contributed by atoms with E-state index in [1.54, 1.807) is 20.3 Å². The Morgan fingerprint density at radius 1 is 1.07 bits per heavy atom. The Morgan fingerprint density at radius 3 is 2.41 bits per heavy atom. The fourth-order valence-electron chi connectivity index (χ4n) is 3.47. The fraction of sp³-hybridized carbons (Fsp3) is 0.550. The Kier molecular flexibility index (Phi) is 7.35. The molecule has 29 heavy (non-hydrogen) atoms. The van der Waals surface area contributed by atoms with Gasteiger partial charge in [0, 0.05) is 49.4 Å². The van der Waals surface area contributed by atoms with E-state index in [0.717, 1.165) is 30.0 Å². The summed E-state index contributed by atoms with van der Waals surface area (Å²) in [6.45, 7) is 2.71. The number of ether oxygens (including phenoxy) is 2. The molecule has 3 rings (SSSR count). The minimum atomic E-state index is 0.231. The van der Waals surface area contributed by atoms with E-state index in [4.69, 9.17) is 15.2 Å². The maximum atomic E-state index is 12.4. The van der Waals surface area contributed by atoms with Crippen LogP contribution in [0.3, 0.4) is 0 Å². The number of benzene rings is 1. The molecule has 158 valence electrons. The molecule has 2 N–H and O–H groups in total. The molecule has 8 nitrogen and oxygen atoms in total. The lowest BCUT2D eigenvalue weighted by atomic mass is 10.2. The number of hydrogen-bond acceptors (Lipinski definition) is 7. The lowest BCUT2D eigenvalue weighted by Gasteiger charge is -2.35. The molecule has 1 aliphatic rings. The quantitative estimate of drug-likeness (QED) is 0.472. The first-order valence-corrected chi connectivity index (χ1v) is 11.0. The van der Waals surface area contributed by atoms with Gasteiger partial charge in [-0.15, -0.1) is 0 Å². The number of carbonyl (C=O) groups is 1. The summed E-state index contributed by atoms with van der Waals surface area (Å²) in [4.78, 5) is 25.5. The average Bonchev–Trinajstić information content (AvgIpc) is 2.75. The molecule has 0 spiro atoms. The summed E-state index contributed by atoms with van der Waals surface area (Å²) >= 11 is 3.42. The summed E-state index contributed by atoms with van der Waals surface area (Å²) in [5.74, 6) is 2.39. The zero-order chi connectivity index (χ0) is 20.8. The van der Waals surface area contributed by atoms with E-state index in [1.807, 2.05) is 11.0 Å². The summed E-state index contributed by atoms with van der Waals surface area (Å²) in [5, 5.41) is 1.72. The molecule has 0 atom stereocenters. The molecule has 0 bridgehead atoms. The van der Waals surface area contributed by atoms with Crippen LogP contribution in [-0.4, -0.2) is 66.5 Å². The van der Waals surface area contributed by atoms with Crippen LogP contribution in [0.15, 0.2) is 12.1 Å². The standard InChI is InChI=1S/C20H28BrN5O3/c1-28-16-12-14-15(13-17(16)29-2)23-20(24-19(14)22)26-10-8-25(9-11-26)18(27)6-4-3-5-7-21/h12-13H,3-11H2,1-2H3,(H2,22,23,24). The second-order valence-electron chi connectivity index (χ2n) is 7.00. The number of nitrogens with two attached hydrogens (primary N) is 1. The Labute approximate surface area is 179 Å². The highest BCUT2D eigenvalue weighted by molar-refractivity contribution is 9.09. The maximum absolute atomic E-state index is 12.4. The third-order valence-corrected chi connectivity index (χ3v) is 5.72. The summed E-state index contributed by atoms with van der Waals surface area (Å²) in [6.07, 6.45) is 3.75. The molecule has 2 heterocycles. The van der Waals surface area contributed by atoms with Crippen molar-refractivity contribution in [3.8, 4) is 11.5 Å². The van der Waals surface area contributed by atoms with Gasteiger partial charge in [0.2, 0.25) is 11.9 Å². The van der Waals surface area contributed by atoms with Crippen LogP contribution in [0.25, 0.3) is 10.9 Å². The van der Waals surface area contributed by atoms with Gasteiger partial charge in [0.1, 0.15) is 5.82 Å². The lowest BCUT2D eigenvalue weighted by Crippen LogP contribution is -2.49. The summed E-state index contributed by atoms with van der Waals surface area (Å²) in [6, 6.07) is 3.60. The molecule has 1 fully saturated rings. The molecule has 0 unspecified atom stereocenters. The minimum Gasteiger partial charge on any atom is -0.493 e. The number of methoxy groups -OCH3 is 2. The van der Waals surface area contributed by atoms with Crippen molar-refractivity contribution < 1.29 is 14.3 Å². The second-order valence-corrected chi connectivity index (χ2v) is 7.79. The first kappa shape index (κ1) is 21.4. The van der Waals surface area contributed by atoms with Gasteiger partial charge < -0.3 is 25.0 Å². The monoisotopic (exact) mass is 465 g/mol. The molecule has 1 aliphatic heterocycles. The number of carbonyl (C=O) groups excluding carboxylic acids is 1. The largest absolute Gasteiger partial charge is 0.493 e. The van der Waals surface area contributed by atoms with E-state index in [1.165, 1.54) is 0 Å². The number of amides is 1. The van der Waals surface area contributed by atoms with Crippen LogP contribution < -0.4 is 20.1 Å². The Hall–Kier alpha value is -2.29. The van der Waals surface area contributed by atoms with Crippen molar-refractivity contribution in [2.75, 3.05) is 56.4 Å². The normalized spacial score (nSPS) is 14.3. The van der Waals surface area contributed by atoms with Crippen molar-refractivity contribution in [2.45, 2.75) is 25.7 Å². The molecule has 1 amide bonds. The Morgan fingerprint density at radius 2 is 1.76 bits per heavy atom. The fourth-order valence-corrected chi connectivity index (χ4v) is 3.87. The van der Waals surface area contributed by atoms with Crippen molar-refractivity contribution in [3.05, 3.63) is 12.1 Å². The van der Waals surface area contributed by atoms with Gasteiger partial charge in [0.05, 0.1) is 19.7 Å². The molecule has 1 aromatic heterocycles. The maximum Gasteiger partial charge on any atom is 0.228 e. The molecule has 0 radical (unpaired) electrons. The van der Waals surface area contributed by atoms with Crippen molar-refractivity contribution in [1.82, 2.24) is 14.9 Å². The first-order chi connectivity index (χ1) is 14.1. The molecular formula is C20H28BrN5O3. The van der Waals surface area contributed by atoms with Gasteiger partial charge in [-0.05, 0) is 18.9 Å². The second kappa shape index (κ2) is 9.96. The lowest BCUT2D eigenvalue weighted by molar-refractivity contribution is -0.131. The third kappa shape index (κ3) is 5.01. The van der Waals surface area contributed by atoms with Crippen LogP contribution in [0.2, 0.25) is 0 Å². The van der Waals surface area contributed by atoms with Gasteiger partial charge in [-0.3, -0.25) is 4.79 Å². The predicted molar refractivity (Wildman–Crippen MR) is 118 cm³/mol. The van der Waals surface area contributed by atoms with Crippen molar-refractivity contribution in [1.29, 1.82) is 0 Å². The smallest absolute Gasteiger partial charge is 0.228 e. The number of nitrogens with zero attached hydrogens (tertiary/aromatic N) is 4. The summed E-state index contributed by atoms with van der Waals surface area (Å²) in [5.41, 5.74) is 6.90. The van der Waals surface area contributed by atoms with Gasteiger partial charge in [-0.25, -0.2) is 4.98 Å². The molecule has 9 heteroatoms. The molecule has 2 aromatic rings. The molecular weight excluding hydrogens is 438 g/mol. The van der Waals surface area contributed by atoms with Crippen LogP contribution in [-0.2, 0) is 4.79 Å². The van der Waals surface area contributed by atoms with Gasteiger partial charge in [-0.2, -0.15) is 4.98 Å². The third-order valence-electron chi connectivity index (χ3n) is 5.16. The number of hydrogen-bond donors (Lipinski definition) is 1. The molecule has 1 saturated heterocycles. The summed E-state index contributed by atoms with van der Waals surface area (Å²) in [7, 11) is 3.17. The average molecular weight is 466 g/mol. The molecule has 0 saturated carbocycles. The minimum absolute atomic E-state index is 0.231. The number of nitrogen functional groups attached to an aromatic ring is 1. The van der Waals surface area contributed by atoms with Crippen LogP contribution in [0, 0.1) is 0 Å². The SMILES string of the molecule is COc1cc2nc(N3CCN(C(=O)CCCCCBr)CC3)nc(N)c2cc1OC. The Balaban J connectivity index is 1.68. The number of rotatable bonds is 8. The van der Waals surface area contributed by atoms with Gasteiger partial charge in [0.15, 0.2) is 11.5 Å². The van der Waals surface area contributed by atoms with E-state index in [2.05, 4.69) is 30.8 Å². The van der Waals surface area contributed by atoms with Crippen LogP contribution >= 0.6 is 15.9 Å². The topological polar surface area (TPSA) is 93.8 Å². The van der Waals surface area contributed by atoms with Crippen molar-refractivity contribution in [2.24, 2.45) is 0 Å². The highest BCUT2D eigenvalue weighted by Crippen LogP contribution is 2.34. The highest BCUT2D eigenvalue weighted by atomic mass is 79.9. The number of alkyl halides is 1. The zero-order valence-corrected chi connectivity index (χ0v) is 18.6. The highest BCUT2D eigenvalue weighted by Gasteiger charge is 2.23. The van der Waals surface area contributed by atoms with Gasteiger partial charge in [-0.1, -0.05) is 22.4 Å². The van der Waals surface area contributed by atoms with E-state index in [-0.39, 0.29) is 5.91 Å². The van der Waals surface area contributed by atoms with Crippen molar-refractivity contribution in [3.63, 3.8) is 0 Å². The van der Waals surface area contributed by atoms with Gasteiger partial charge >= 0.3 is 0 Å². The van der Waals surface area contributed by atoms with E-state index >= 15 is 0 Å². The molecule has 1 aromatic carbocycles. The predicted octanol–water partition coefficient (Wildman–Crippen LogP) is 2.83. The van der Waals surface area contributed by atoms with E-state index < -0.39 is 0 Å². The van der Waals surface area contributed by atoms with Crippen molar-refractivity contribution >= 4 is 44.5 Å². The zero-order valence-electron chi connectivity index (χ0n) is 17.0.